The fourth-order valence-corrected chi connectivity index (χ4v) is 1.46. The number of nitrogens with one attached hydrogen (secondary N) is 1. The zero-order valence-corrected chi connectivity index (χ0v) is 8.84. The monoisotopic (exact) mass is 224 g/mol. The Balaban J connectivity index is 2.66. The maximum Gasteiger partial charge on any atom is 0.173 e. The molecule has 1 aromatic heterocycles. The van der Waals surface area contributed by atoms with Crippen molar-refractivity contribution in [2.24, 2.45) is 0 Å². The Morgan fingerprint density at radius 3 is 2.62 bits per heavy atom. The lowest BCUT2D eigenvalue weighted by Gasteiger charge is -2.07. The van der Waals surface area contributed by atoms with Crippen LogP contribution in [0.25, 0.3) is 11.4 Å². The standard InChI is InChI=1S/C11H10F2N2O/c1-6-5-14-11(15-6)9-8(16-2)4-3-7(12)10(9)13/h3-5H,1-2H3,(H,14,15). The van der Waals surface area contributed by atoms with Gasteiger partial charge in [0, 0.05) is 11.9 Å². The summed E-state index contributed by atoms with van der Waals surface area (Å²) in [4.78, 5) is 6.79. The minimum absolute atomic E-state index is 0.00981. The van der Waals surface area contributed by atoms with Crippen LogP contribution in [0.15, 0.2) is 18.3 Å². The van der Waals surface area contributed by atoms with Gasteiger partial charge in [0.25, 0.3) is 0 Å². The second kappa shape index (κ2) is 3.92. The van der Waals surface area contributed by atoms with Gasteiger partial charge in [-0.05, 0) is 19.1 Å². The molecule has 0 spiro atoms. The fraction of sp³-hybridized carbons (Fsp3) is 0.182. The topological polar surface area (TPSA) is 37.9 Å². The first-order chi connectivity index (χ1) is 7.63. The molecule has 2 rings (SSSR count). The van der Waals surface area contributed by atoms with Crippen molar-refractivity contribution in [3.63, 3.8) is 0 Å². The number of halogens is 2. The zero-order chi connectivity index (χ0) is 11.7. The largest absolute Gasteiger partial charge is 0.496 e. The van der Waals surface area contributed by atoms with Crippen molar-refractivity contribution in [3.8, 4) is 17.1 Å². The molecule has 16 heavy (non-hydrogen) atoms. The summed E-state index contributed by atoms with van der Waals surface area (Å²) < 4.78 is 31.7. The number of aromatic nitrogens is 2. The predicted octanol–water partition coefficient (Wildman–Crippen LogP) is 2.67. The Bertz CT molecular complexity index is 523. The molecule has 2 aromatic rings. The van der Waals surface area contributed by atoms with Gasteiger partial charge in [-0.1, -0.05) is 0 Å². The van der Waals surface area contributed by atoms with Gasteiger partial charge in [-0.3, -0.25) is 0 Å². The van der Waals surface area contributed by atoms with Crippen LogP contribution in [-0.2, 0) is 0 Å². The van der Waals surface area contributed by atoms with Gasteiger partial charge in [-0.2, -0.15) is 0 Å². The maximum absolute atomic E-state index is 13.6. The second-order valence-corrected chi connectivity index (χ2v) is 3.35. The highest BCUT2D eigenvalue weighted by Gasteiger charge is 2.18. The SMILES string of the molecule is COc1ccc(F)c(F)c1-c1ncc(C)[nH]1. The lowest BCUT2D eigenvalue weighted by atomic mass is 10.1. The third kappa shape index (κ3) is 1.64. The second-order valence-electron chi connectivity index (χ2n) is 3.35. The van der Waals surface area contributed by atoms with Crippen molar-refractivity contribution < 1.29 is 13.5 Å². The van der Waals surface area contributed by atoms with Gasteiger partial charge in [0.1, 0.15) is 11.6 Å². The van der Waals surface area contributed by atoms with Gasteiger partial charge < -0.3 is 9.72 Å². The van der Waals surface area contributed by atoms with Gasteiger partial charge in [-0.15, -0.1) is 0 Å². The van der Waals surface area contributed by atoms with Crippen molar-refractivity contribution >= 4 is 0 Å². The molecule has 0 radical (unpaired) electrons. The van der Waals surface area contributed by atoms with E-state index in [4.69, 9.17) is 4.74 Å². The summed E-state index contributed by atoms with van der Waals surface area (Å²) in [6.07, 6.45) is 1.54. The molecule has 1 N–H and O–H groups in total. The van der Waals surface area contributed by atoms with E-state index in [1.807, 2.05) is 0 Å². The van der Waals surface area contributed by atoms with E-state index in [1.54, 1.807) is 13.1 Å². The Labute approximate surface area is 91.1 Å². The van der Waals surface area contributed by atoms with Crippen LogP contribution in [0, 0.1) is 18.6 Å². The molecule has 0 fully saturated rings. The number of imidazole rings is 1. The van der Waals surface area contributed by atoms with Gasteiger partial charge in [0.15, 0.2) is 11.6 Å². The Kier molecular flexibility index (Phi) is 2.60. The van der Waals surface area contributed by atoms with Crippen LogP contribution in [0.2, 0.25) is 0 Å². The molecule has 0 saturated heterocycles. The number of hydrogen-bond donors (Lipinski definition) is 1. The number of hydrogen-bond acceptors (Lipinski definition) is 2. The van der Waals surface area contributed by atoms with E-state index in [2.05, 4.69) is 9.97 Å². The third-order valence-corrected chi connectivity index (χ3v) is 2.22. The highest BCUT2D eigenvalue weighted by atomic mass is 19.2. The number of benzene rings is 1. The molecular formula is C11H10F2N2O. The van der Waals surface area contributed by atoms with Gasteiger partial charge >= 0.3 is 0 Å². The van der Waals surface area contributed by atoms with E-state index in [1.165, 1.54) is 13.2 Å². The molecule has 3 nitrogen and oxygen atoms in total. The smallest absolute Gasteiger partial charge is 0.173 e. The van der Waals surface area contributed by atoms with E-state index in [-0.39, 0.29) is 17.1 Å². The van der Waals surface area contributed by atoms with E-state index >= 15 is 0 Å². The number of H-pyrrole nitrogens is 1. The normalized spacial score (nSPS) is 10.5. The molecular weight excluding hydrogens is 214 g/mol. The number of aryl methyl sites for hydroxylation is 1. The molecule has 0 aliphatic heterocycles. The molecule has 0 saturated carbocycles. The van der Waals surface area contributed by atoms with Gasteiger partial charge in [0.05, 0.1) is 12.7 Å². The predicted molar refractivity (Wildman–Crippen MR) is 55.2 cm³/mol. The lowest BCUT2D eigenvalue weighted by molar-refractivity contribution is 0.408. The molecule has 1 aromatic carbocycles. The lowest BCUT2D eigenvalue weighted by Crippen LogP contribution is -1.96. The molecule has 0 amide bonds. The van der Waals surface area contributed by atoms with Crippen molar-refractivity contribution in [2.75, 3.05) is 7.11 Å². The molecule has 84 valence electrons. The summed E-state index contributed by atoms with van der Waals surface area (Å²) in [7, 11) is 1.39. The molecule has 0 bridgehead atoms. The summed E-state index contributed by atoms with van der Waals surface area (Å²) in [5, 5.41) is 0. The van der Waals surface area contributed by atoms with Crippen LogP contribution in [-0.4, -0.2) is 17.1 Å². The molecule has 0 aliphatic rings. The highest BCUT2D eigenvalue weighted by molar-refractivity contribution is 5.65. The Morgan fingerprint density at radius 1 is 1.31 bits per heavy atom. The first-order valence-electron chi connectivity index (χ1n) is 4.67. The first kappa shape index (κ1) is 10.6. The summed E-state index contributed by atoms with van der Waals surface area (Å²) >= 11 is 0. The molecule has 0 aliphatic carbocycles. The number of methoxy groups -OCH3 is 1. The maximum atomic E-state index is 13.6. The zero-order valence-electron chi connectivity index (χ0n) is 8.84. The fourth-order valence-electron chi connectivity index (χ4n) is 1.46. The number of rotatable bonds is 2. The molecule has 1 heterocycles. The molecule has 5 heteroatoms. The average molecular weight is 224 g/mol. The quantitative estimate of drug-likeness (QED) is 0.851. The van der Waals surface area contributed by atoms with Crippen LogP contribution >= 0.6 is 0 Å². The first-order valence-corrected chi connectivity index (χ1v) is 4.67. The number of aromatic amines is 1. The highest BCUT2D eigenvalue weighted by Crippen LogP contribution is 2.31. The van der Waals surface area contributed by atoms with Crippen LogP contribution in [0.1, 0.15) is 5.69 Å². The minimum Gasteiger partial charge on any atom is -0.496 e. The molecule has 0 atom stereocenters. The van der Waals surface area contributed by atoms with E-state index < -0.39 is 11.6 Å². The number of ether oxygens (including phenoxy) is 1. The van der Waals surface area contributed by atoms with Crippen molar-refractivity contribution in [2.45, 2.75) is 6.92 Å². The average Bonchev–Trinajstić information content (AvgIpc) is 2.68. The summed E-state index contributed by atoms with van der Waals surface area (Å²) in [5.41, 5.74) is 0.774. The number of nitrogens with zero attached hydrogens (tertiary/aromatic N) is 1. The Morgan fingerprint density at radius 2 is 2.06 bits per heavy atom. The van der Waals surface area contributed by atoms with E-state index in [0.29, 0.717) is 0 Å². The van der Waals surface area contributed by atoms with Gasteiger partial charge in [-0.25, -0.2) is 13.8 Å². The summed E-state index contributed by atoms with van der Waals surface area (Å²) in [5.74, 6) is -1.39. The van der Waals surface area contributed by atoms with E-state index in [0.717, 1.165) is 11.8 Å². The van der Waals surface area contributed by atoms with Crippen LogP contribution in [0.4, 0.5) is 8.78 Å². The van der Waals surface area contributed by atoms with Gasteiger partial charge in [0.2, 0.25) is 0 Å². The van der Waals surface area contributed by atoms with Crippen molar-refractivity contribution in [3.05, 3.63) is 35.7 Å². The minimum atomic E-state index is -0.964. The third-order valence-electron chi connectivity index (χ3n) is 2.22. The van der Waals surface area contributed by atoms with Crippen LogP contribution < -0.4 is 4.74 Å². The summed E-state index contributed by atoms with van der Waals surface area (Å²) in [6.45, 7) is 1.78. The van der Waals surface area contributed by atoms with Crippen molar-refractivity contribution in [1.29, 1.82) is 0 Å². The van der Waals surface area contributed by atoms with E-state index in [9.17, 15) is 8.78 Å². The Hall–Kier alpha value is -1.91. The van der Waals surface area contributed by atoms with Crippen LogP contribution in [0.5, 0.6) is 5.75 Å². The van der Waals surface area contributed by atoms with Crippen LogP contribution in [0.3, 0.4) is 0 Å². The molecule has 0 unspecified atom stereocenters. The summed E-state index contributed by atoms with van der Waals surface area (Å²) in [6, 6.07) is 2.39. The van der Waals surface area contributed by atoms with Crippen molar-refractivity contribution in [1.82, 2.24) is 9.97 Å².